The van der Waals surface area contributed by atoms with Gasteiger partial charge in [-0.2, -0.15) is 0 Å². The first-order valence-electron chi connectivity index (χ1n) is 5.71. The molecule has 0 radical (unpaired) electrons. The number of halogens is 1. The average Bonchev–Trinajstić information content (AvgIpc) is 2.26. The monoisotopic (exact) mass is 313 g/mol. The molecule has 0 heterocycles. The van der Waals surface area contributed by atoms with Crippen molar-refractivity contribution in [3.63, 3.8) is 0 Å². The lowest BCUT2D eigenvalue weighted by Crippen LogP contribution is -2.25. The van der Waals surface area contributed by atoms with Crippen molar-refractivity contribution < 1.29 is 14.7 Å². The SMILES string of the molecule is CC(CC(=O)O)CC(=O)NCc1ccccc1Br. The fourth-order valence-corrected chi connectivity index (χ4v) is 2.02. The fraction of sp³-hybridized carbons (Fsp3) is 0.385. The third-order valence-corrected chi connectivity index (χ3v) is 3.26. The Bertz CT molecular complexity index is 434. The number of hydrogen-bond acceptors (Lipinski definition) is 2. The lowest BCUT2D eigenvalue weighted by molar-refractivity contribution is -0.138. The van der Waals surface area contributed by atoms with Crippen LogP contribution in [-0.2, 0) is 16.1 Å². The van der Waals surface area contributed by atoms with Crippen LogP contribution >= 0.6 is 15.9 Å². The van der Waals surface area contributed by atoms with Crippen LogP contribution in [0.4, 0.5) is 0 Å². The molecule has 0 saturated heterocycles. The van der Waals surface area contributed by atoms with Crippen molar-refractivity contribution in [1.82, 2.24) is 5.32 Å². The number of carboxylic acid groups (broad SMARTS) is 1. The maximum absolute atomic E-state index is 11.6. The molecule has 2 N–H and O–H groups in total. The number of rotatable bonds is 6. The van der Waals surface area contributed by atoms with Crippen LogP contribution in [0.2, 0.25) is 0 Å². The van der Waals surface area contributed by atoms with Gasteiger partial charge in [-0.3, -0.25) is 9.59 Å². The number of carboxylic acids is 1. The molecule has 0 aliphatic carbocycles. The second-order valence-corrected chi connectivity index (χ2v) is 5.13. The molecule has 1 aromatic carbocycles. The minimum Gasteiger partial charge on any atom is -0.481 e. The standard InChI is InChI=1S/C13H16BrNO3/c1-9(7-13(17)18)6-12(16)15-8-10-4-2-3-5-11(10)14/h2-5,9H,6-8H2,1H3,(H,15,16)(H,17,18). The van der Waals surface area contributed by atoms with Gasteiger partial charge in [0.1, 0.15) is 0 Å². The van der Waals surface area contributed by atoms with Crippen molar-refractivity contribution in [2.45, 2.75) is 26.3 Å². The molecule has 1 rings (SSSR count). The van der Waals surface area contributed by atoms with Crippen LogP contribution in [0, 0.1) is 5.92 Å². The van der Waals surface area contributed by atoms with Crippen LogP contribution in [0.3, 0.4) is 0 Å². The van der Waals surface area contributed by atoms with Crippen LogP contribution < -0.4 is 5.32 Å². The largest absolute Gasteiger partial charge is 0.481 e. The van der Waals surface area contributed by atoms with Gasteiger partial charge in [0.15, 0.2) is 0 Å². The summed E-state index contributed by atoms with van der Waals surface area (Å²) in [6.45, 7) is 2.20. The van der Waals surface area contributed by atoms with Gasteiger partial charge in [0.05, 0.1) is 0 Å². The van der Waals surface area contributed by atoms with Crippen molar-refractivity contribution in [2.24, 2.45) is 5.92 Å². The summed E-state index contributed by atoms with van der Waals surface area (Å²) in [6, 6.07) is 7.64. The summed E-state index contributed by atoms with van der Waals surface area (Å²) in [5.41, 5.74) is 0.997. The Hall–Kier alpha value is -1.36. The van der Waals surface area contributed by atoms with Crippen molar-refractivity contribution in [3.05, 3.63) is 34.3 Å². The van der Waals surface area contributed by atoms with E-state index in [1.807, 2.05) is 24.3 Å². The highest BCUT2D eigenvalue weighted by Crippen LogP contribution is 2.15. The summed E-state index contributed by atoms with van der Waals surface area (Å²) in [4.78, 5) is 22.1. The topological polar surface area (TPSA) is 66.4 Å². The zero-order chi connectivity index (χ0) is 13.5. The molecule has 1 atom stereocenters. The molecular formula is C13H16BrNO3. The van der Waals surface area contributed by atoms with Gasteiger partial charge in [0.2, 0.25) is 5.91 Å². The lowest BCUT2D eigenvalue weighted by Gasteiger charge is -2.10. The van der Waals surface area contributed by atoms with E-state index < -0.39 is 5.97 Å². The Balaban J connectivity index is 2.38. The van der Waals surface area contributed by atoms with E-state index in [0.717, 1.165) is 10.0 Å². The van der Waals surface area contributed by atoms with E-state index in [4.69, 9.17) is 5.11 Å². The molecule has 1 aromatic rings. The molecule has 0 fully saturated rings. The van der Waals surface area contributed by atoms with Crippen LogP contribution in [-0.4, -0.2) is 17.0 Å². The molecule has 1 amide bonds. The summed E-state index contributed by atoms with van der Waals surface area (Å²) >= 11 is 3.40. The molecule has 1 unspecified atom stereocenters. The molecule has 4 nitrogen and oxygen atoms in total. The highest BCUT2D eigenvalue weighted by Gasteiger charge is 2.12. The Morgan fingerprint density at radius 1 is 1.33 bits per heavy atom. The molecule has 0 aromatic heterocycles. The van der Waals surface area contributed by atoms with E-state index >= 15 is 0 Å². The molecule has 0 aliphatic heterocycles. The summed E-state index contributed by atoms with van der Waals surface area (Å²) < 4.78 is 0.948. The lowest BCUT2D eigenvalue weighted by atomic mass is 10.0. The van der Waals surface area contributed by atoms with E-state index in [-0.39, 0.29) is 24.7 Å². The van der Waals surface area contributed by atoms with Crippen molar-refractivity contribution in [2.75, 3.05) is 0 Å². The van der Waals surface area contributed by atoms with E-state index in [1.54, 1.807) is 6.92 Å². The van der Waals surface area contributed by atoms with Gasteiger partial charge in [-0.05, 0) is 17.5 Å². The highest BCUT2D eigenvalue weighted by molar-refractivity contribution is 9.10. The van der Waals surface area contributed by atoms with Gasteiger partial charge in [0.25, 0.3) is 0 Å². The number of nitrogens with one attached hydrogen (secondary N) is 1. The average molecular weight is 314 g/mol. The Morgan fingerprint density at radius 2 is 2.00 bits per heavy atom. The first kappa shape index (κ1) is 14.7. The van der Waals surface area contributed by atoms with Gasteiger partial charge in [-0.1, -0.05) is 41.1 Å². The third kappa shape index (κ3) is 5.31. The zero-order valence-electron chi connectivity index (χ0n) is 10.1. The molecule has 0 spiro atoms. The molecule has 5 heteroatoms. The predicted molar refractivity (Wildman–Crippen MR) is 72.0 cm³/mol. The second-order valence-electron chi connectivity index (χ2n) is 4.28. The summed E-state index contributed by atoms with van der Waals surface area (Å²) in [5, 5.41) is 11.4. The third-order valence-electron chi connectivity index (χ3n) is 2.49. The van der Waals surface area contributed by atoms with Crippen LogP contribution in [0.1, 0.15) is 25.3 Å². The number of amides is 1. The van der Waals surface area contributed by atoms with E-state index in [2.05, 4.69) is 21.2 Å². The first-order chi connectivity index (χ1) is 8.49. The van der Waals surface area contributed by atoms with Gasteiger partial charge in [-0.25, -0.2) is 0 Å². The van der Waals surface area contributed by atoms with E-state index in [1.165, 1.54) is 0 Å². The smallest absolute Gasteiger partial charge is 0.303 e. The van der Waals surface area contributed by atoms with Gasteiger partial charge in [0, 0.05) is 23.9 Å². The van der Waals surface area contributed by atoms with Gasteiger partial charge in [-0.15, -0.1) is 0 Å². The predicted octanol–water partition coefficient (Wildman–Crippen LogP) is 2.57. The number of carbonyl (C=O) groups excluding carboxylic acids is 1. The summed E-state index contributed by atoms with van der Waals surface area (Å²) in [6.07, 6.45) is 0.249. The van der Waals surface area contributed by atoms with E-state index in [9.17, 15) is 9.59 Å². The number of benzene rings is 1. The maximum Gasteiger partial charge on any atom is 0.303 e. The molecule has 0 bridgehead atoms. The highest BCUT2D eigenvalue weighted by atomic mass is 79.9. The van der Waals surface area contributed by atoms with Crippen LogP contribution in [0.5, 0.6) is 0 Å². The maximum atomic E-state index is 11.6. The van der Waals surface area contributed by atoms with E-state index in [0.29, 0.717) is 6.54 Å². The fourth-order valence-electron chi connectivity index (χ4n) is 1.59. The molecule has 0 aliphatic rings. The Kier molecular flexibility index (Phi) is 5.85. The van der Waals surface area contributed by atoms with Gasteiger partial charge >= 0.3 is 5.97 Å². The normalized spacial score (nSPS) is 11.9. The second kappa shape index (κ2) is 7.16. The summed E-state index contributed by atoms with van der Waals surface area (Å²) in [7, 11) is 0. The Morgan fingerprint density at radius 3 is 2.61 bits per heavy atom. The first-order valence-corrected chi connectivity index (χ1v) is 6.50. The minimum absolute atomic E-state index is 0.0163. The molecule has 0 saturated carbocycles. The number of aliphatic carboxylic acids is 1. The number of carbonyl (C=O) groups is 2. The zero-order valence-corrected chi connectivity index (χ0v) is 11.7. The minimum atomic E-state index is -0.874. The number of hydrogen-bond donors (Lipinski definition) is 2. The van der Waals surface area contributed by atoms with Crippen LogP contribution in [0.25, 0.3) is 0 Å². The van der Waals surface area contributed by atoms with Crippen molar-refractivity contribution in [3.8, 4) is 0 Å². The molecule has 18 heavy (non-hydrogen) atoms. The van der Waals surface area contributed by atoms with Crippen molar-refractivity contribution >= 4 is 27.8 Å². The van der Waals surface area contributed by atoms with Crippen molar-refractivity contribution in [1.29, 1.82) is 0 Å². The van der Waals surface area contributed by atoms with Crippen LogP contribution in [0.15, 0.2) is 28.7 Å². The Labute approximate surface area is 115 Å². The molecule has 98 valence electrons. The summed E-state index contributed by atoms with van der Waals surface area (Å²) in [5.74, 6) is -1.15. The molecular weight excluding hydrogens is 298 g/mol. The quantitative estimate of drug-likeness (QED) is 0.848. The van der Waals surface area contributed by atoms with Gasteiger partial charge < -0.3 is 10.4 Å².